The lowest BCUT2D eigenvalue weighted by Crippen LogP contribution is -2.17. The topological polar surface area (TPSA) is 93.8 Å². The number of nitrogens with one attached hydrogen (secondary N) is 1. The lowest BCUT2D eigenvalue weighted by atomic mass is 10.3. The Balaban J connectivity index is 2.24. The molecule has 2 aromatic heterocycles. The first-order chi connectivity index (χ1) is 8.56. The molecule has 0 atom stereocenters. The van der Waals surface area contributed by atoms with Crippen molar-refractivity contribution >= 4 is 45.1 Å². The molecule has 0 aliphatic rings. The van der Waals surface area contributed by atoms with Gasteiger partial charge in [0.2, 0.25) is 0 Å². The van der Waals surface area contributed by atoms with Crippen LogP contribution in [-0.2, 0) is 0 Å². The molecule has 0 aliphatic heterocycles. The number of carbonyl (C=O) groups excluding carboxylic acids is 1. The fourth-order valence-electron chi connectivity index (χ4n) is 1.20. The van der Waals surface area contributed by atoms with Crippen LogP contribution in [0.4, 0.5) is 11.6 Å². The lowest BCUT2D eigenvalue weighted by molar-refractivity contribution is 0.102. The molecule has 1 amide bonds. The molecule has 0 spiro atoms. The molecule has 6 nitrogen and oxygen atoms in total. The van der Waals surface area contributed by atoms with Crippen molar-refractivity contribution in [3.63, 3.8) is 0 Å². The zero-order chi connectivity index (χ0) is 13.1. The Morgan fingerprint density at radius 3 is 2.89 bits per heavy atom. The summed E-state index contributed by atoms with van der Waals surface area (Å²) in [5, 5.41) is 2.64. The summed E-state index contributed by atoms with van der Waals surface area (Å²) < 4.78 is 0.602. The number of pyridine rings is 1. The smallest absolute Gasteiger partial charge is 0.279 e. The molecule has 0 fully saturated rings. The van der Waals surface area contributed by atoms with Crippen molar-refractivity contribution in [1.82, 2.24) is 15.0 Å². The maximum absolute atomic E-state index is 11.9. The number of anilines is 2. The zero-order valence-electron chi connectivity index (χ0n) is 8.89. The van der Waals surface area contributed by atoms with Crippen LogP contribution in [-0.4, -0.2) is 20.9 Å². The average molecular weight is 329 g/mol. The number of aromatic nitrogens is 3. The van der Waals surface area contributed by atoms with E-state index in [2.05, 4.69) is 36.2 Å². The third kappa shape index (κ3) is 2.93. The van der Waals surface area contributed by atoms with E-state index in [0.29, 0.717) is 10.4 Å². The second kappa shape index (κ2) is 5.28. The lowest BCUT2D eigenvalue weighted by Gasteiger charge is -2.05. The van der Waals surface area contributed by atoms with Crippen LogP contribution in [0, 0.1) is 0 Å². The molecule has 2 aromatic rings. The summed E-state index contributed by atoms with van der Waals surface area (Å²) in [5.41, 5.74) is 5.51. The minimum absolute atomic E-state index is 0.00639. The first-order valence-corrected chi connectivity index (χ1v) is 5.95. The van der Waals surface area contributed by atoms with Crippen molar-refractivity contribution in [2.75, 3.05) is 11.1 Å². The molecule has 0 radical (unpaired) electrons. The van der Waals surface area contributed by atoms with E-state index >= 15 is 0 Å². The normalized spacial score (nSPS) is 10.1. The first-order valence-electron chi connectivity index (χ1n) is 4.78. The standard InChI is InChI=1S/C10H7BrClN5O/c11-5-2-1-3-7(15-5)17-10(18)8-9(13)14-4-6(12)16-8/h1-4H,(H2,13,14)(H,15,17,18). The van der Waals surface area contributed by atoms with Crippen molar-refractivity contribution in [3.8, 4) is 0 Å². The van der Waals surface area contributed by atoms with Crippen molar-refractivity contribution in [1.29, 1.82) is 0 Å². The number of carbonyl (C=O) groups is 1. The summed E-state index contributed by atoms with van der Waals surface area (Å²) in [6.45, 7) is 0. The van der Waals surface area contributed by atoms with Crippen LogP contribution in [0.2, 0.25) is 5.15 Å². The van der Waals surface area contributed by atoms with Crippen molar-refractivity contribution in [2.45, 2.75) is 0 Å². The fourth-order valence-corrected chi connectivity index (χ4v) is 1.67. The average Bonchev–Trinajstić information content (AvgIpc) is 2.32. The van der Waals surface area contributed by atoms with E-state index in [4.69, 9.17) is 17.3 Å². The Morgan fingerprint density at radius 2 is 2.17 bits per heavy atom. The Hall–Kier alpha value is -1.73. The van der Waals surface area contributed by atoms with Gasteiger partial charge in [-0.15, -0.1) is 0 Å². The summed E-state index contributed by atoms with van der Waals surface area (Å²) in [7, 11) is 0. The molecule has 92 valence electrons. The summed E-state index contributed by atoms with van der Waals surface area (Å²) >= 11 is 8.86. The van der Waals surface area contributed by atoms with Gasteiger partial charge in [-0.25, -0.2) is 15.0 Å². The largest absolute Gasteiger partial charge is 0.382 e. The number of nitrogens with two attached hydrogens (primary N) is 1. The van der Waals surface area contributed by atoms with Crippen molar-refractivity contribution in [3.05, 3.63) is 39.8 Å². The van der Waals surface area contributed by atoms with E-state index < -0.39 is 5.91 Å². The molecule has 0 bridgehead atoms. The molecule has 2 heterocycles. The van der Waals surface area contributed by atoms with Crippen LogP contribution in [0.25, 0.3) is 0 Å². The third-order valence-corrected chi connectivity index (χ3v) is 2.57. The minimum Gasteiger partial charge on any atom is -0.382 e. The maximum Gasteiger partial charge on any atom is 0.279 e. The number of rotatable bonds is 2. The molecule has 0 saturated heterocycles. The SMILES string of the molecule is Nc1ncc(Cl)nc1C(=O)Nc1cccc(Br)n1. The Kier molecular flexibility index (Phi) is 3.73. The van der Waals surface area contributed by atoms with E-state index in [-0.39, 0.29) is 16.7 Å². The van der Waals surface area contributed by atoms with E-state index in [0.717, 1.165) is 0 Å². The van der Waals surface area contributed by atoms with Gasteiger partial charge in [0.1, 0.15) is 15.6 Å². The number of hydrogen-bond acceptors (Lipinski definition) is 5. The zero-order valence-corrected chi connectivity index (χ0v) is 11.2. The highest BCUT2D eigenvalue weighted by Crippen LogP contribution is 2.14. The number of halogens is 2. The van der Waals surface area contributed by atoms with Gasteiger partial charge in [-0.05, 0) is 28.1 Å². The molecule has 2 rings (SSSR count). The van der Waals surface area contributed by atoms with E-state index in [1.807, 2.05) is 0 Å². The Bertz CT molecular complexity index is 607. The van der Waals surface area contributed by atoms with E-state index in [1.54, 1.807) is 18.2 Å². The van der Waals surface area contributed by atoms with Gasteiger partial charge in [-0.1, -0.05) is 17.7 Å². The van der Waals surface area contributed by atoms with Gasteiger partial charge in [-0.3, -0.25) is 4.79 Å². The van der Waals surface area contributed by atoms with Gasteiger partial charge < -0.3 is 11.1 Å². The fraction of sp³-hybridized carbons (Fsp3) is 0. The van der Waals surface area contributed by atoms with Gasteiger partial charge in [0, 0.05) is 0 Å². The molecule has 0 aromatic carbocycles. The highest BCUT2D eigenvalue weighted by Gasteiger charge is 2.14. The Labute approximate surface area is 116 Å². The highest BCUT2D eigenvalue weighted by molar-refractivity contribution is 9.10. The molecule has 18 heavy (non-hydrogen) atoms. The van der Waals surface area contributed by atoms with Gasteiger partial charge in [0.25, 0.3) is 5.91 Å². The third-order valence-electron chi connectivity index (χ3n) is 1.94. The van der Waals surface area contributed by atoms with Crippen LogP contribution in [0.3, 0.4) is 0 Å². The highest BCUT2D eigenvalue weighted by atomic mass is 79.9. The van der Waals surface area contributed by atoms with Crippen LogP contribution in [0.15, 0.2) is 29.0 Å². The van der Waals surface area contributed by atoms with Crippen LogP contribution >= 0.6 is 27.5 Å². The first kappa shape index (κ1) is 12.7. The summed E-state index contributed by atoms with van der Waals surface area (Å²) in [4.78, 5) is 23.5. The van der Waals surface area contributed by atoms with Crippen LogP contribution in [0.1, 0.15) is 10.5 Å². The molecule has 0 saturated carbocycles. The van der Waals surface area contributed by atoms with Gasteiger partial charge in [-0.2, -0.15) is 0 Å². The molecule has 0 unspecified atom stereocenters. The monoisotopic (exact) mass is 327 g/mol. The number of hydrogen-bond donors (Lipinski definition) is 2. The van der Waals surface area contributed by atoms with Gasteiger partial charge in [0.15, 0.2) is 11.5 Å². The number of nitrogen functional groups attached to an aromatic ring is 1. The summed E-state index contributed by atoms with van der Waals surface area (Å²) in [6, 6.07) is 5.11. The summed E-state index contributed by atoms with van der Waals surface area (Å²) in [6.07, 6.45) is 1.27. The quantitative estimate of drug-likeness (QED) is 0.824. The number of nitrogens with zero attached hydrogens (tertiary/aromatic N) is 3. The second-order valence-electron chi connectivity index (χ2n) is 3.23. The predicted octanol–water partition coefficient (Wildman–Crippen LogP) is 2.12. The summed E-state index contributed by atoms with van der Waals surface area (Å²) in [5.74, 6) is -0.143. The number of amides is 1. The molecule has 8 heteroatoms. The molecule has 3 N–H and O–H groups in total. The second-order valence-corrected chi connectivity index (χ2v) is 4.43. The maximum atomic E-state index is 11.9. The van der Waals surface area contributed by atoms with Gasteiger partial charge in [0.05, 0.1) is 6.20 Å². The minimum atomic E-state index is -0.520. The molecular formula is C10H7BrClN5O. The van der Waals surface area contributed by atoms with Crippen LogP contribution < -0.4 is 11.1 Å². The van der Waals surface area contributed by atoms with Crippen molar-refractivity contribution in [2.24, 2.45) is 0 Å². The molecular weight excluding hydrogens is 322 g/mol. The molecule has 0 aliphatic carbocycles. The Morgan fingerprint density at radius 1 is 1.39 bits per heavy atom. The van der Waals surface area contributed by atoms with Crippen LogP contribution in [0.5, 0.6) is 0 Å². The predicted molar refractivity (Wildman–Crippen MR) is 71.3 cm³/mol. The van der Waals surface area contributed by atoms with Gasteiger partial charge >= 0.3 is 0 Å². The van der Waals surface area contributed by atoms with E-state index in [1.165, 1.54) is 6.20 Å². The van der Waals surface area contributed by atoms with E-state index in [9.17, 15) is 4.79 Å². The van der Waals surface area contributed by atoms with Crippen molar-refractivity contribution < 1.29 is 4.79 Å².